The lowest BCUT2D eigenvalue weighted by Gasteiger charge is -2.34. The van der Waals surface area contributed by atoms with Crippen LogP contribution in [0.3, 0.4) is 0 Å². The molecular formula is C26H33Cl2N3O4S. The maximum absolute atomic E-state index is 13.7. The van der Waals surface area contributed by atoms with Crippen molar-refractivity contribution < 1.29 is 18.0 Å². The predicted molar refractivity (Wildman–Crippen MR) is 145 cm³/mol. The fraction of sp³-hybridized carbons (Fsp3) is 0.462. The molecule has 3 rings (SSSR count). The van der Waals surface area contributed by atoms with Gasteiger partial charge in [0.05, 0.1) is 11.9 Å². The van der Waals surface area contributed by atoms with Crippen LogP contribution < -0.4 is 9.62 Å². The quantitative estimate of drug-likeness (QED) is 0.447. The van der Waals surface area contributed by atoms with Crippen LogP contribution >= 0.6 is 23.2 Å². The second-order valence-electron chi connectivity index (χ2n) is 9.13. The molecule has 196 valence electrons. The molecule has 0 radical (unpaired) electrons. The molecule has 1 saturated carbocycles. The first kappa shape index (κ1) is 28.3. The van der Waals surface area contributed by atoms with Gasteiger partial charge in [0, 0.05) is 22.6 Å². The molecule has 36 heavy (non-hydrogen) atoms. The molecular weight excluding hydrogens is 521 g/mol. The molecule has 0 bridgehead atoms. The van der Waals surface area contributed by atoms with E-state index in [-0.39, 0.29) is 18.5 Å². The van der Waals surface area contributed by atoms with Gasteiger partial charge in [-0.2, -0.15) is 0 Å². The summed E-state index contributed by atoms with van der Waals surface area (Å²) in [6.07, 6.45) is 6.52. The number of hydrogen-bond donors (Lipinski definition) is 1. The van der Waals surface area contributed by atoms with Crippen molar-refractivity contribution in [1.29, 1.82) is 0 Å². The third-order valence-electron chi connectivity index (χ3n) is 6.42. The van der Waals surface area contributed by atoms with Crippen molar-refractivity contribution >= 4 is 50.7 Å². The van der Waals surface area contributed by atoms with Crippen LogP contribution in [0.25, 0.3) is 0 Å². The number of nitrogens with one attached hydrogen (secondary N) is 1. The van der Waals surface area contributed by atoms with Gasteiger partial charge in [-0.3, -0.25) is 13.9 Å². The third kappa shape index (κ3) is 7.60. The number of sulfonamides is 1. The summed E-state index contributed by atoms with van der Waals surface area (Å²) < 4.78 is 26.3. The van der Waals surface area contributed by atoms with Crippen LogP contribution in [0.2, 0.25) is 10.0 Å². The highest BCUT2D eigenvalue weighted by atomic mass is 35.5. The van der Waals surface area contributed by atoms with Crippen molar-refractivity contribution in [2.75, 3.05) is 17.1 Å². The van der Waals surface area contributed by atoms with E-state index in [1.807, 2.05) is 6.92 Å². The average Bonchev–Trinajstić information content (AvgIpc) is 2.84. The Hall–Kier alpha value is -2.29. The first-order valence-electron chi connectivity index (χ1n) is 12.2. The average molecular weight is 555 g/mol. The molecule has 2 aromatic rings. The number of carbonyl (C=O) groups excluding carboxylic acids is 2. The second-order valence-corrected chi connectivity index (χ2v) is 11.9. The van der Waals surface area contributed by atoms with Gasteiger partial charge in [-0.05, 0) is 49.1 Å². The monoisotopic (exact) mass is 553 g/mol. The summed E-state index contributed by atoms with van der Waals surface area (Å²) in [7, 11) is -3.77. The molecule has 7 nitrogen and oxygen atoms in total. The molecule has 1 fully saturated rings. The highest BCUT2D eigenvalue weighted by molar-refractivity contribution is 7.92. The summed E-state index contributed by atoms with van der Waals surface area (Å²) in [5.74, 6) is -0.741. The minimum atomic E-state index is -3.77. The lowest BCUT2D eigenvalue weighted by molar-refractivity contribution is -0.140. The van der Waals surface area contributed by atoms with Crippen molar-refractivity contribution in [3.05, 3.63) is 64.1 Å². The predicted octanol–water partition coefficient (Wildman–Crippen LogP) is 5.02. The first-order valence-corrected chi connectivity index (χ1v) is 14.8. The highest BCUT2D eigenvalue weighted by Gasteiger charge is 2.33. The zero-order chi connectivity index (χ0) is 26.3. The number of amides is 2. The number of halogens is 2. The van der Waals surface area contributed by atoms with E-state index >= 15 is 0 Å². The standard InChI is InChI=1S/C26H33Cl2N3O4S/c1-3-24(26(33)29-21-10-6-4-7-11-21)30(17-19-14-15-20(27)16-23(19)28)25(32)18-31(36(2,34)35)22-12-8-5-9-13-22/h5,8-9,12-16,21,24H,3-4,6-7,10-11,17-18H2,1-2H3,(H,29,33). The van der Waals surface area contributed by atoms with Gasteiger partial charge in [0.2, 0.25) is 21.8 Å². The lowest BCUT2D eigenvalue weighted by Crippen LogP contribution is -2.54. The van der Waals surface area contributed by atoms with Crippen LogP contribution in [0.4, 0.5) is 5.69 Å². The Labute approximate surface area is 223 Å². The number of nitrogens with zero attached hydrogens (tertiary/aromatic N) is 2. The zero-order valence-electron chi connectivity index (χ0n) is 20.6. The number of para-hydroxylation sites is 1. The Morgan fingerprint density at radius 3 is 2.31 bits per heavy atom. The molecule has 1 aliphatic carbocycles. The number of rotatable bonds is 10. The van der Waals surface area contributed by atoms with Crippen molar-refractivity contribution in [1.82, 2.24) is 10.2 Å². The maximum Gasteiger partial charge on any atom is 0.244 e. The molecule has 1 N–H and O–H groups in total. The molecule has 0 aromatic heterocycles. The summed E-state index contributed by atoms with van der Waals surface area (Å²) in [6, 6.07) is 12.7. The minimum Gasteiger partial charge on any atom is -0.352 e. The van der Waals surface area contributed by atoms with Gasteiger partial charge >= 0.3 is 0 Å². The number of benzene rings is 2. The smallest absolute Gasteiger partial charge is 0.244 e. The summed E-state index contributed by atoms with van der Waals surface area (Å²) in [6.45, 7) is 1.43. The van der Waals surface area contributed by atoms with E-state index in [0.717, 1.165) is 42.7 Å². The Morgan fingerprint density at radius 1 is 1.06 bits per heavy atom. The van der Waals surface area contributed by atoms with Crippen LogP contribution in [0.15, 0.2) is 48.5 Å². The lowest BCUT2D eigenvalue weighted by atomic mass is 9.95. The molecule has 1 unspecified atom stereocenters. The largest absolute Gasteiger partial charge is 0.352 e. The molecule has 1 aliphatic rings. The third-order valence-corrected chi connectivity index (χ3v) is 8.14. The molecule has 0 saturated heterocycles. The Bertz CT molecular complexity index is 1160. The summed E-state index contributed by atoms with van der Waals surface area (Å²) in [5.41, 5.74) is 0.987. The molecule has 0 spiro atoms. The number of carbonyl (C=O) groups is 2. The van der Waals surface area contributed by atoms with E-state index in [2.05, 4.69) is 5.32 Å². The second kappa shape index (κ2) is 12.8. The van der Waals surface area contributed by atoms with Gasteiger partial charge in [0.15, 0.2) is 0 Å². The molecule has 0 heterocycles. The SMILES string of the molecule is CCC(C(=O)NC1CCCCC1)N(Cc1ccc(Cl)cc1Cl)C(=O)CN(c1ccccc1)S(C)(=O)=O. The highest BCUT2D eigenvalue weighted by Crippen LogP contribution is 2.25. The molecule has 2 aromatic carbocycles. The zero-order valence-corrected chi connectivity index (χ0v) is 23.0. The van der Waals surface area contributed by atoms with Crippen LogP contribution in [-0.4, -0.2) is 50.0 Å². The normalized spacial score (nSPS) is 15.2. The fourth-order valence-electron chi connectivity index (χ4n) is 4.51. The summed E-state index contributed by atoms with van der Waals surface area (Å²) >= 11 is 12.5. The van der Waals surface area contributed by atoms with Crippen LogP contribution in [0, 0.1) is 0 Å². The summed E-state index contributed by atoms with van der Waals surface area (Å²) in [5, 5.41) is 3.93. The van der Waals surface area contributed by atoms with Crippen LogP contribution in [-0.2, 0) is 26.2 Å². The molecule has 2 amide bonds. The van der Waals surface area contributed by atoms with Crippen molar-refractivity contribution in [2.24, 2.45) is 0 Å². The first-order chi connectivity index (χ1) is 17.1. The Morgan fingerprint density at radius 2 is 1.72 bits per heavy atom. The molecule has 0 aliphatic heterocycles. The van der Waals surface area contributed by atoms with Crippen molar-refractivity contribution in [3.63, 3.8) is 0 Å². The summed E-state index contributed by atoms with van der Waals surface area (Å²) in [4.78, 5) is 28.5. The number of anilines is 1. The minimum absolute atomic E-state index is 0.0395. The van der Waals surface area contributed by atoms with E-state index in [1.165, 1.54) is 4.90 Å². The van der Waals surface area contributed by atoms with E-state index in [1.54, 1.807) is 48.5 Å². The maximum atomic E-state index is 13.7. The number of hydrogen-bond acceptors (Lipinski definition) is 4. The van der Waals surface area contributed by atoms with E-state index in [0.29, 0.717) is 27.7 Å². The topological polar surface area (TPSA) is 86.8 Å². The van der Waals surface area contributed by atoms with Gasteiger partial charge in [-0.1, -0.05) is 73.7 Å². The van der Waals surface area contributed by atoms with Gasteiger partial charge in [-0.15, -0.1) is 0 Å². The fourth-order valence-corrected chi connectivity index (χ4v) is 5.82. The van der Waals surface area contributed by atoms with Crippen molar-refractivity contribution in [3.8, 4) is 0 Å². The van der Waals surface area contributed by atoms with Gasteiger partial charge in [-0.25, -0.2) is 8.42 Å². The molecule has 1 atom stereocenters. The van der Waals surface area contributed by atoms with Gasteiger partial charge in [0.25, 0.3) is 0 Å². The van der Waals surface area contributed by atoms with E-state index < -0.39 is 28.5 Å². The van der Waals surface area contributed by atoms with E-state index in [9.17, 15) is 18.0 Å². The van der Waals surface area contributed by atoms with Gasteiger partial charge < -0.3 is 10.2 Å². The van der Waals surface area contributed by atoms with Crippen LogP contribution in [0.1, 0.15) is 51.0 Å². The van der Waals surface area contributed by atoms with Crippen LogP contribution in [0.5, 0.6) is 0 Å². The van der Waals surface area contributed by atoms with Gasteiger partial charge in [0.1, 0.15) is 12.6 Å². The molecule has 10 heteroatoms. The Balaban J connectivity index is 1.92. The Kier molecular flexibility index (Phi) is 10.0. The van der Waals surface area contributed by atoms with E-state index in [4.69, 9.17) is 23.2 Å². The van der Waals surface area contributed by atoms with Crippen molar-refractivity contribution in [2.45, 2.75) is 64.1 Å².